The zero-order chi connectivity index (χ0) is 31.1. The summed E-state index contributed by atoms with van der Waals surface area (Å²) in [7, 11) is 1.42. The van der Waals surface area contributed by atoms with Crippen molar-refractivity contribution in [3.63, 3.8) is 0 Å². The Morgan fingerprint density at radius 3 is 2.26 bits per heavy atom. The second kappa shape index (κ2) is 10.3. The van der Waals surface area contributed by atoms with E-state index in [1.807, 2.05) is 0 Å². The summed E-state index contributed by atoms with van der Waals surface area (Å²) >= 11 is 0. The highest BCUT2D eigenvalue weighted by atomic mass is 16.5. The number of carbonyl (C=O) groups is 2. The molecule has 0 bridgehead atoms. The van der Waals surface area contributed by atoms with Crippen molar-refractivity contribution in [2.75, 3.05) is 7.11 Å². The molecule has 42 heavy (non-hydrogen) atoms. The number of fused-ring (bicyclic) bond motifs is 7. The van der Waals surface area contributed by atoms with Crippen molar-refractivity contribution in [1.29, 1.82) is 0 Å². The molecule has 5 nitrogen and oxygen atoms in total. The van der Waals surface area contributed by atoms with Crippen molar-refractivity contribution in [1.82, 2.24) is 5.32 Å². The Labute approximate surface area is 256 Å². The molecule has 0 unspecified atom stereocenters. The second-order valence-corrected chi connectivity index (χ2v) is 17.9. The molecule has 5 rings (SSSR count). The summed E-state index contributed by atoms with van der Waals surface area (Å²) < 4.78 is 5.14. The highest BCUT2D eigenvalue weighted by molar-refractivity contribution is 5.89. The number of hydrogen-bond donors (Lipinski definition) is 2. The molecule has 5 aliphatic carbocycles. The Bertz CT molecular complexity index is 1120. The first-order chi connectivity index (χ1) is 19.4. The van der Waals surface area contributed by atoms with Gasteiger partial charge >= 0.3 is 5.97 Å². The number of aliphatic hydroxyl groups is 1. The zero-order valence-corrected chi connectivity index (χ0v) is 28.5. The highest BCUT2D eigenvalue weighted by Gasteiger charge is 2.69. The molecule has 1 amide bonds. The van der Waals surface area contributed by atoms with Crippen molar-refractivity contribution in [2.24, 2.45) is 56.2 Å². The molecule has 238 valence electrons. The Kier molecular flexibility index (Phi) is 7.89. The van der Waals surface area contributed by atoms with E-state index in [0.717, 1.165) is 51.4 Å². The van der Waals surface area contributed by atoms with Gasteiger partial charge in [-0.3, -0.25) is 4.79 Å². The van der Waals surface area contributed by atoms with Gasteiger partial charge in [-0.15, -0.1) is 0 Å². The maximum atomic E-state index is 14.5. The van der Waals surface area contributed by atoms with Crippen molar-refractivity contribution < 1.29 is 19.4 Å². The van der Waals surface area contributed by atoms with E-state index in [-0.39, 0.29) is 56.9 Å². The summed E-state index contributed by atoms with van der Waals surface area (Å²) in [6.45, 7) is 21.3. The van der Waals surface area contributed by atoms with E-state index >= 15 is 0 Å². The second-order valence-electron chi connectivity index (χ2n) is 17.9. The van der Waals surface area contributed by atoms with Crippen molar-refractivity contribution in [2.45, 2.75) is 145 Å². The van der Waals surface area contributed by atoms with E-state index in [1.54, 1.807) is 5.57 Å². The third-order valence-electron chi connectivity index (χ3n) is 14.6. The van der Waals surface area contributed by atoms with Gasteiger partial charge < -0.3 is 15.2 Å². The van der Waals surface area contributed by atoms with Gasteiger partial charge in [-0.1, -0.05) is 74.0 Å². The number of amides is 1. The van der Waals surface area contributed by atoms with Crippen LogP contribution in [0.3, 0.4) is 0 Å². The van der Waals surface area contributed by atoms with E-state index in [2.05, 4.69) is 73.7 Å². The summed E-state index contributed by atoms with van der Waals surface area (Å²) in [5, 5.41) is 14.3. The van der Waals surface area contributed by atoms with Crippen LogP contribution in [-0.2, 0) is 14.3 Å². The number of hydrogen-bond acceptors (Lipinski definition) is 4. The average molecular weight is 584 g/mol. The first-order valence-electron chi connectivity index (χ1n) is 17.2. The van der Waals surface area contributed by atoms with E-state index in [1.165, 1.54) is 20.0 Å². The van der Waals surface area contributed by atoms with Crippen molar-refractivity contribution >= 4 is 11.9 Å². The van der Waals surface area contributed by atoms with Crippen LogP contribution in [0.5, 0.6) is 0 Å². The number of nitrogens with one attached hydrogen (secondary N) is 1. The number of ether oxygens (including phenoxy) is 1. The Balaban J connectivity index is 1.54. The minimum absolute atomic E-state index is 0.0473. The van der Waals surface area contributed by atoms with Crippen LogP contribution in [0.15, 0.2) is 11.6 Å². The lowest BCUT2D eigenvalue weighted by molar-refractivity contribution is -0.203. The lowest BCUT2D eigenvalue weighted by atomic mass is 9.33. The molecule has 5 heteroatoms. The van der Waals surface area contributed by atoms with Crippen molar-refractivity contribution in [3.8, 4) is 0 Å². The molecule has 9 atom stereocenters. The predicted octanol–water partition coefficient (Wildman–Crippen LogP) is 7.85. The van der Waals surface area contributed by atoms with Gasteiger partial charge in [-0.2, -0.15) is 0 Å². The number of carbonyl (C=O) groups excluding carboxylic acids is 2. The van der Waals surface area contributed by atoms with Crippen LogP contribution >= 0.6 is 0 Å². The van der Waals surface area contributed by atoms with E-state index in [4.69, 9.17) is 4.74 Å². The van der Waals surface area contributed by atoms with Crippen LogP contribution in [0.2, 0.25) is 0 Å². The quantitative estimate of drug-likeness (QED) is 0.255. The Hall–Kier alpha value is -1.36. The van der Waals surface area contributed by atoms with Gasteiger partial charge in [0.15, 0.2) is 0 Å². The summed E-state index contributed by atoms with van der Waals surface area (Å²) in [4.78, 5) is 27.2. The fraction of sp³-hybridized carbons (Fsp3) is 0.892. The Morgan fingerprint density at radius 1 is 0.952 bits per heavy atom. The minimum Gasteiger partial charge on any atom is -0.467 e. The monoisotopic (exact) mass is 583 g/mol. The maximum Gasteiger partial charge on any atom is 0.328 e. The van der Waals surface area contributed by atoms with Gasteiger partial charge in [0.1, 0.15) is 6.04 Å². The lowest BCUT2D eigenvalue weighted by Crippen LogP contribution is -2.65. The van der Waals surface area contributed by atoms with Crippen LogP contribution in [0.25, 0.3) is 0 Å². The van der Waals surface area contributed by atoms with Crippen LogP contribution in [0, 0.1) is 56.2 Å². The fourth-order valence-corrected chi connectivity index (χ4v) is 11.8. The zero-order valence-electron chi connectivity index (χ0n) is 28.5. The minimum atomic E-state index is -0.594. The standard InChI is InChI=1S/C37H61NO4/c1-23(2)21-26(30(40)42-10)38-31(41)37-19-17-32(3,4)22-25(37)24-11-12-28-34(7)15-14-29(39)33(5,6)27(34)13-16-36(28,9)35(24,8)18-20-37/h11,23,25-29,39H,12-22H2,1-10H3,(H,38,41)/t25-,26-,27-,28+,29-,34-,35+,36+,37-/m0/s1. The van der Waals surface area contributed by atoms with Crippen LogP contribution in [0.1, 0.15) is 133 Å². The van der Waals surface area contributed by atoms with Crippen LogP contribution in [0.4, 0.5) is 0 Å². The number of esters is 1. The molecule has 0 radical (unpaired) electrons. The molecule has 0 aliphatic heterocycles. The third kappa shape index (κ3) is 4.55. The summed E-state index contributed by atoms with van der Waals surface area (Å²) in [6.07, 6.45) is 13.3. The van der Waals surface area contributed by atoms with Gasteiger partial charge in [0.2, 0.25) is 5.91 Å². The molecule has 2 N–H and O–H groups in total. The number of aliphatic hydroxyl groups excluding tert-OH is 1. The van der Waals surface area contributed by atoms with Crippen LogP contribution < -0.4 is 5.32 Å². The summed E-state index contributed by atoms with van der Waals surface area (Å²) in [5.41, 5.74) is 1.62. The molecule has 4 saturated carbocycles. The third-order valence-corrected chi connectivity index (χ3v) is 14.6. The number of allylic oxidation sites excluding steroid dienone is 2. The lowest BCUT2D eigenvalue weighted by Gasteiger charge is -2.71. The molecule has 0 aromatic carbocycles. The van der Waals surface area contributed by atoms with E-state index < -0.39 is 11.5 Å². The molecule has 0 saturated heterocycles. The van der Waals surface area contributed by atoms with Gasteiger partial charge in [0, 0.05) is 0 Å². The van der Waals surface area contributed by atoms with Crippen LogP contribution in [-0.4, -0.2) is 36.2 Å². The molecule has 0 aromatic heterocycles. The molecular formula is C37H61NO4. The van der Waals surface area contributed by atoms with Gasteiger partial charge in [0.25, 0.3) is 0 Å². The van der Waals surface area contributed by atoms with Crippen molar-refractivity contribution in [3.05, 3.63) is 11.6 Å². The molecule has 0 aromatic rings. The topological polar surface area (TPSA) is 75.6 Å². The van der Waals surface area contributed by atoms with Gasteiger partial charge in [-0.25, -0.2) is 4.79 Å². The molecular weight excluding hydrogens is 522 g/mol. The number of rotatable bonds is 5. The normalized spacial score (nSPS) is 44.4. The van der Waals surface area contributed by atoms with Gasteiger partial charge in [-0.05, 0) is 121 Å². The van der Waals surface area contributed by atoms with Gasteiger partial charge in [0.05, 0.1) is 18.6 Å². The summed E-state index contributed by atoms with van der Waals surface area (Å²) in [5.74, 6) is 1.33. The SMILES string of the molecule is COC(=O)[C@H](CC(C)C)NC(=O)[C@]12CCC(C)(C)C[C@H]1C1=CC[C@@H]3[C@@]4(C)CC[C@H](O)C(C)(C)[C@@H]4CC[C@@]3(C)[C@]1(C)CC2. The predicted molar refractivity (Wildman–Crippen MR) is 168 cm³/mol. The largest absolute Gasteiger partial charge is 0.467 e. The summed E-state index contributed by atoms with van der Waals surface area (Å²) in [6, 6.07) is -0.594. The fourth-order valence-electron chi connectivity index (χ4n) is 11.8. The average Bonchev–Trinajstić information content (AvgIpc) is 2.90. The smallest absolute Gasteiger partial charge is 0.328 e. The number of methoxy groups -OCH3 is 1. The maximum absolute atomic E-state index is 14.5. The molecule has 0 heterocycles. The first kappa shape index (κ1) is 32.0. The highest BCUT2D eigenvalue weighted by Crippen LogP contribution is 2.75. The molecule has 4 fully saturated rings. The van der Waals surface area contributed by atoms with E-state index in [9.17, 15) is 14.7 Å². The first-order valence-corrected chi connectivity index (χ1v) is 17.2. The molecule has 5 aliphatic rings. The Morgan fingerprint density at radius 2 is 1.62 bits per heavy atom. The molecule has 0 spiro atoms. The van der Waals surface area contributed by atoms with E-state index in [0.29, 0.717) is 18.3 Å².